The van der Waals surface area contributed by atoms with E-state index in [1.165, 1.54) is 0 Å². The minimum Gasteiger partial charge on any atom is -0.378 e. The zero-order valence-electron chi connectivity index (χ0n) is 11.6. The van der Waals surface area contributed by atoms with E-state index in [1.807, 2.05) is 0 Å². The first kappa shape index (κ1) is 16.2. The van der Waals surface area contributed by atoms with Crippen LogP contribution in [0.4, 0.5) is 13.2 Å². The van der Waals surface area contributed by atoms with Crippen molar-refractivity contribution in [2.45, 2.75) is 50.9 Å². The van der Waals surface area contributed by atoms with Crippen LogP contribution in [0.1, 0.15) is 49.4 Å². The molecule has 1 N–H and O–H groups in total. The summed E-state index contributed by atoms with van der Waals surface area (Å²) in [5.41, 5.74) is -0.908. The van der Waals surface area contributed by atoms with Crippen LogP contribution in [0.2, 0.25) is 0 Å². The van der Waals surface area contributed by atoms with Gasteiger partial charge in [-0.1, -0.05) is 6.92 Å². The van der Waals surface area contributed by atoms with Crippen molar-refractivity contribution in [2.24, 2.45) is 0 Å². The molecule has 1 aliphatic rings. The van der Waals surface area contributed by atoms with Crippen LogP contribution in [0, 0.1) is 0 Å². The zero-order valence-corrected chi connectivity index (χ0v) is 12.4. The third-order valence-electron chi connectivity index (χ3n) is 3.29. The molecule has 118 valence electrons. The van der Waals surface area contributed by atoms with Gasteiger partial charge >= 0.3 is 6.18 Å². The lowest BCUT2D eigenvalue weighted by Crippen LogP contribution is -2.30. The van der Waals surface area contributed by atoms with Gasteiger partial charge in [-0.3, -0.25) is 4.79 Å². The molecule has 1 amide bonds. The minimum atomic E-state index is -4.45. The molecular weight excluding hydrogens is 305 g/mol. The number of aromatic nitrogens is 1. The summed E-state index contributed by atoms with van der Waals surface area (Å²) in [6.07, 6.45) is -2.01. The van der Waals surface area contributed by atoms with Crippen LogP contribution < -0.4 is 5.32 Å². The van der Waals surface area contributed by atoms with Gasteiger partial charge in [0.05, 0.1) is 18.6 Å². The van der Waals surface area contributed by atoms with Crippen LogP contribution in [-0.4, -0.2) is 23.6 Å². The van der Waals surface area contributed by atoms with E-state index < -0.39 is 17.9 Å². The largest absolute Gasteiger partial charge is 0.434 e. The summed E-state index contributed by atoms with van der Waals surface area (Å²) in [5.74, 6) is -0.211. The number of thiazole rings is 1. The Labute approximate surface area is 124 Å². The van der Waals surface area contributed by atoms with Crippen molar-refractivity contribution in [1.29, 1.82) is 0 Å². The molecule has 2 rings (SSSR count). The SMILES string of the molecule is CC[C@@H](NC(=O)C[C@H]1CCCO1)c1nc(C(F)(F)F)cs1. The maximum absolute atomic E-state index is 12.5. The van der Waals surface area contributed by atoms with Gasteiger partial charge in [-0.05, 0) is 19.3 Å². The van der Waals surface area contributed by atoms with E-state index in [1.54, 1.807) is 6.92 Å². The lowest BCUT2D eigenvalue weighted by molar-refractivity contribution is -0.140. The smallest absolute Gasteiger partial charge is 0.378 e. The van der Waals surface area contributed by atoms with Gasteiger partial charge in [0.25, 0.3) is 0 Å². The van der Waals surface area contributed by atoms with Gasteiger partial charge < -0.3 is 10.1 Å². The van der Waals surface area contributed by atoms with Gasteiger partial charge in [0, 0.05) is 12.0 Å². The summed E-state index contributed by atoms with van der Waals surface area (Å²) in [7, 11) is 0. The lowest BCUT2D eigenvalue weighted by atomic mass is 10.1. The van der Waals surface area contributed by atoms with E-state index in [0.29, 0.717) is 13.0 Å². The van der Waals surface area contributed by atoms with E-state index in [-0.39, 0.29) is 23.4 Å². The Kier molecular flexibility index (Phi) is 5.21. The molecule has 0 unspecified atom stereocenters. The molecule has 4 nitrogen and oxygen atoms in total. The van der Waals surface area contributed by atoms with Crippen molar-refractivity contribution in [3.05, 3.63) is 16.1 Å². The molecule has 1 aromatic rings. The summed E-state index contributed by atoms with van der Waals surface area (Å²) in [4.78, 5) is 15.5. The molecule has 0 aromatic carbocycles. The van der Waals surface area contributed by atoms with Gasteiger partial charge in [-0.15, -0.1) is 11.3 Å². The van der Waals surface area contributed by atoms with Gasteiger partial charge in [0.15, 0.2) is 5.69 Å². The maximum Gasteiger partial charge on any atom is 0.434 e. The number of ether oxygens (including phenoxy) is 1. The Bertz CT molecular complexity index is 484. The minimum absolute atomic E-state index is 0.0791. The van der Waals surface area contributed by atoms with Crippen molar-refractivity contribution >= 4 is 17.2 Å². The second-order valence-electron chi connectivity index (χ2n) is 4.94. The summed E-state index contributed by atoms with van der Waals surface area (Å²) in [6.45, 7) is 2.46. The molecule has 21 heavy (non-hydrogen) atoms. The molecule has 1 fully saturated rings. The highest BCUT2D eigenvalue weighted by atomic mass is 32.1. The van der Waals surface area contributed by atoms with Crippen LogP contribution >= 0.6 is 11.3 Å². The van der Waals surface area contributed by atoms with Gasteiger partial charge in [-0.25, -0.2) is 4.98 Å². The Morgan fingerprint density at radius 3 is 2.90 bits per heavy atom. The second-order valence-corrected chi connectivity index (χ2v) is 5.83. The number of carbonyl (C=O) groups excluding carboxylic acids is 1. The molecule has 1 saturated heterocycles. The number of alkyl halides is 3. The molecule has 2 heterocycles. The summed E-state index contributed by atoms with van der Waals surface area (Å²) in [6, 6.07) is -0.486. The summed E-state index contributed by atoms with van der Waals surface area (Å²) >= 11 is 0.917. The number of nitrogens with zero attached hydrogens (tertiary/aromatic N) is 1. The predicted molar refractivity (Wildman–Crippen MR) is 71.9 cm³/mol. The second kappa shape index (κ2) is 6.74. The van der Waals surface area contributed by atoms with Crippen LogP contribution in [0.15, 0.2) is 5.38 Å². The molecule has 1 aromatic heterocycles. The first-order valence-corrected chi connectivity index (χ1v) is 7.71. The molecule has 0 radical (unpaired) electrons. The molecule has 8 heteroatoms. The van der Waals surface area contributed by atoms with Crippen LogP contribution in [0.25, 0.3) is 0 Å². The molecular formula is C13H17F3N2O2S. The normalized spacial score (nSPS) is 20.5. The third kappa shape index (κ3) is 4.41. The van der Waals surface area contributed by atoms with Crippen LogP contribution in [-0.2, 0) is 15.7 Å². The highest BCUT2D eigenvalue weighted by Crippen LogP contribution is 2.32. The van der Waals surface area contributed by atoms with E-state index in [9.17, 15) is 18.0 Å². The fourth-order valence-corrected chi connectivity index (χ4v) is 3.14. The van der Waals surface area contributed by atoms with E-state index in [4.69, 9.17) is 4.74 Å². The first-order chi connectivity index (χ1) is 9.90. The number of hydrogen-bond acceptors (Lipinski definition) is 4. The average molecular weight is 322 g/mol. The number of amides is 1. The molecule has 2 atom stereocenters. The third-order valence-corrected chi connectivity index (χ3v) is 4.25. The van der Waals surface area contributed by atoms with Gasteiger partial charge in [0.2, 0.25) is 5.91 Å². The Hall–Kier alpha value is -1.15. The number of carbonyl (C=O) groups is 1. The monoisotopic (exact) mass is 322 g/mol. The summed E-state index contributed by atoms with van der Waals surface area (Å²) < 4.78 is 43.0. The Morgan fingerprint density at radius 1 is 1.62 bits per heavy atom. The number of hydrogen-bond donors (Lipinski definition) is 1. The highest BCUT2D eigenvalue weighted by molar-refractivity contribution is 7.09. The summed E-state index contributed by atoms with van der Waals surface area (Å²) in [5, 5.41) is 4.00. The van der Waals surface area contributed by atoms with Gasteiger partial charge in [0.1, 0.15) is 5.01 Å². The Morgan fingerprint density at radius 2 is 2.38 bits per heavy atom. The molecule has 0 spiro atoms. The average Bonchev–Trinajstić information content (AvgIpc) is 3.05. The molecule has 0 aliphatic carbocycles. The number of rotatable bonds is 5. The van der Waals surface area contributed by atoms with E-state index in [0.717, 1.165) is 29.6 Å². The quantitative estimate of drug-likeness (QED) is 0.905. The standard InChI is InChI=1S/C13H17F3N2O2S/c1-2-9(12-18-10(7-21-12)13(14,15)16)17-11(19)6-8-4-3-5-20-8/h7-9H,2-6H2,1H3,(H,17,19)/t8-,9-/m1/s1. The topological polar surface area (TPSA) is 51.2 Å². The zero-order chi connectivity index (χ0) is 15.5. The first-order valence-electron chi connectivity index (χ1n) is 6.83. The Balaban J connectivity index is 1.95. The maximum atomic E-state index is 12.5. The van der Waals surface area contributed by atoms with Crippen LogP contribution in [0.5, 0.6) is 0 Å². The molecule has 1 aliphatic heterocycles. The predicted octanol–water partition coefficient (Wildman–Crippen LogP) is 3.30. The van der Waals surface area contributed by atoms with Crippen molar-refractivity contribution < 1.29 is 22.7 Å². The lowest BCUT2D eigenvalue weighted by Gasteiger charge is -2.16. The highest BCUT2D eigenvalue weighted by Gasteiger charge is 2.34. The fraction of sp³-hybridized carbons (Fsp3) is 0.692. The number of nitrogens with one attached hydrogen (secondary N) is 1. The van der Waals surface area contributed by atoms with Crippen molar-refractivity contribution in [1.82, 2.24) is 10.3 Å². The molecule has 0 bridgehead atoms. The fourth-order valence-electron chi connectivity index (χ4n) is 2.18. The van der Waals surface area contributed by atoms with Crippen molar-refractivity contribution in [3.8, 4) is 0 Å². The van der Waals surface area contributed by atoms with Crippen molar-refractivity contribution in [2.75, 3.05) is 6.61 Å². The van der Waals surface area contributed by atoms with Crippen LogP contribution in [0.3, 0.4) is 0 Å². The van der Waals surface area contributed by atoms with Gasteiger partial charge in [-0.2, -0.15) is 13.2 Å². The molecule has 0 saturated carbocycles. The number of halogens is 3. The van der Waals surface area contributed by atoms with E-state index >= 15 is 0 Å². The van der Waals surface area contributed by atoms with Crippen molar-refractivity contribution in [3.63, 3.8) is 0 Å². The van der Waals surface area contributed by atoms with E-state index in [2.05, 4.69) is 10.3 Å².